The number of carbonyl (C=O) groups is 1. The van der Waals surface area contributed by atoms with Crippen molar-refractivity contribution in [1.82, 2.24) is 9.99 Å². The molecule has 0 saturated carbocycles. The van der Waals surface area contributed by atoms with Crippen molar-refractivity contribution in [3.05, 3.63) is 53.2 Å². The molecule has 6 nitrogen and oxygen atoms in total. The van der Waals surface area contributed by atoms with E-state index < -0.39 is 6.23 Å². The van der Waals surface area contributed by atoms with E-state index in [2.05, 4.69) is 10.1 Å². The second kappa shape index (κ2) is 5.05. The highest BCUT2D eigenvalue weighted by atomic mass is 16.5. The van der Waals surface area contributed by atoms with Gasteiger partial charge in [0, 0.05) is 18.8 Å². The van der Waals surface area contributed by atoms with Gasteiger partial charge in [-0.2, -0.15) is 5.01 Å². The second-order valence-corrected chi connectivity index (χ2v) is 4.88. The van der Waals surface area contributed by atoms with Crippen LogP contribution in [0.4, 0.5) is 0 Å². The van der Waals surface area contributed by atoms with Gasteiger partial charge in [0.05, 0.1) is 5.56 Å². The lowest BCUT2D eigenvalue weighted by atomic mass is 10.2. The lowest BCUT2D eigenvalue weighted by Crippen LogP contribution is -2.24. The van der Waals surface area contributed by atoms with E-state index in [1.54, 1.807) is 12.3 Å². The quantitative estimate of drug-likeness (QED) is 0.850. The fraction of sp³-hybridized carbons (Fsp3) is 0.267. The number of aromatic nitrogens is 1. The maximum absolute atomic E-state index is 11.7. The molecule has 0 aliphatic carbocycles. The summed E-state index contributed by atoms with van der Waals surface area (Å²) in [7, 11) is 0. The van der Waals surface area contributed by atoms with E-state index in [-0.39, 0.29) is 5.91 Å². The van der Waals surface area contributed by atoms with Crippen molar-refractivity contribution in [3.8, 4) is 0 Å². The zero-order chi connectivity index (χ0) is 15.0. The lowest BCUT2D eigenvalue weighted by Gasteiger charge is -2.16. The highest BCUT2D eigenvalue weighted by molar-refractivity contribution is 5.96. The van der Waals surface area contributed by atoms with E-state index in [9.17, 15) is 4.79 Å². The normalized spacial score (nSPS) is 17.6. The van der Waals surface area contributed by atoms with Crippen LogP contribution in [-0.2, 0) is 9.53 Å². The van der Waals surface area contributed by atoms with Gasteiger partial charge in [0.15, 0.2) is 5.76 Å². The number of hydrazone groups is 1. The Labute approximate surface area is 122 Å². The van der Waals surface area contributed by atoms with Crippen molar-refractivity contribution in [3.63, 3.8) is 0 Å². The monoisotopic (exact) mass is 285 g/mol. The van der Waals surface area contributed by atoms with Crippen LogP contribution in [0.25, 0.3) is 0 Å². The number of aryl methyl sites for hydroxylation is 2. The van der Waals surface area contributed by atoms with Crippen LogP contribution in [-0.4, -0.2) is 21.8 Å². The van der Waals surface area contributed by atoms with E-state index in [0.717, 1.165) is 17.0 Å². The van der Waals surface area contributed by atoms with Crippen LogP contribution < -0.4 is 0 Å². The lowest BCUT2D eigenvalue weighted by molar-refractivity contribution is -0.136. The first-order valence-corrected chi connectivity index (χ1v) is 6.59. The first-order chi connectivity index (χ1) is 10.0. The van der Waals surface area contributed by atoms with Gasteiger partial charge in [0.2, 0.25) is 11.8 Å². The summed E-state index contributed by atoms with van der Waals surface area (Å²) in [6.07, 6.45) is 0.995. The van der Waals surface area contributed by atoms with Gasteiger partial charge in [-0.15, -0.1) is 5.10 Å². The van der Waals surface area contributed by atoms with Gasteiger partial charge in [0.1, 0.15) is 5.76 Å². The summed E-state index contributed by atoms with van der Waals surface area (Å²) in [4.78, 5) is 16.0. The molecule has 0 N–H and O–H groups in total. The molecular weight excluding hydrogens is 270 g/mol. The summed E-state index contributed by atoms with van der Waals surface area (Å²) in [5.41, 5.74) is 1.62. The van der Waals surface area contributed by atoms with Gasteiger partial charge in [-0.1, -0.05) is 0 Å². The van der Waals surface area contributed by atoms with Crippen molar-refractivity contribution in [2.24, 2.45) is 5.10 Å². The standard InChI is InChI=1S/C15H15N3O3/c1-9-4-6-12(8-16-9)14-17-18(11(3)19)15(21-14)13-7-5-10(2)20-13/h4-8,15H,1-3H3. The Hall–Kier alpha value is -2.63. The number of hydrogen-bond donors (Lipinski definition) is 0. The average Bonchev–Trinajstić information content (AvgIpc) is 3.05. The first kappa shape index (κ1) is 13.4. The highest BCUT2D eigenvalue weighted by Crippen LogP contribution is 2.31. The third kappa shape index (κ3) is 2.52. The average molecular weight is 285 g/mol. The van der Waals surface area contributed by atoms with Crippen LogP contribution in [0.3, 0.4) is 0 Å². The minimum absolute atomic E-state index is 0.218. The number of pyridine rings is 1. The van der Waals surface area contributed by atoms with E-state index in [0.29, 0.717) is 11.7 Å². The third-order valence-electron chi connectivity index (χ3n) is 3.13. The molecule has 0 aromatic carbocycles. The van der Waals surface area contributed by atoms with Crippen LogP contribution >= 0.6 is 0 Å². The summed E-state index contributed by atoms with van der Waals surface area (Å²) < 4.78 is 11.3. The summed E-state index contributed by atoms with van der Waals surface area (Å²) in [6, 6.07) is 7.32. The van der Waals surface area contributed by atoms with E-state index in [1.807, 2.05) is 32.0 Å². The molecule has 21 heavy (non-hydrogen) atoms. The SMILES string of the molecule is CC(=O)N1N=C(c2ccc(C)nc2)OC1c1ccc(C)o1. The van der Waals surface area contributed by atoms with Gasteiger partial charge in [-0.25, -0.2) is 0 Å². The molecular formula is C15H15N3O3. The van der Waals surface area contributed by atoms with Crippen molar-refractivity contribution in [1.29, 1.82) is 0 Å². The molecule has 0 saturated heterocycles. The zero-order valence-corrected chi connectivity index (χ0v) is 12.0. The largest absolute Gasteiger partial charge is 0.460 e. The maximum atomic E-state index is 11.7. The third-order valence-corrected chi connectivity index (χ3v) is 3.13. The summed E-state index contributed by atoms with van der Waals surface area (Å²) in [5, 5.41) is 5.50. The number of furan rings is 1. The van der Waals surface area contributed by atoms with Gasteiger partial charge < -0.3 is 9.15 Å². The molecule has 1 amide bonds. The van der Waals surface area contributed by atoms with Crippen LogP contribution in [0.2, 0.25) is 0 Å². The summed E-state index contributed by atoms with van der Waals surface area (Å²) in [6.45, 7) is 5.17. The Balaban J connectivity index is 1.92. The molecule has 6 heteroatoms. The molecule has 0 spiro atoms. The van der Waals surface area contributed by atoms with E-state index in [4.69, 9.17) is 9.15 Å². The Bertz CT molecular complexity index is 703. The van der Waals surface area contributed by atoms with Gasteiger partial charge in [-0.05, 0) is 38.1 Å². The highest BCUT2D eigenvalue weighted by Gasteiger charge is 2.35. The minimum Gasteiger partial charge on any atom is -0.460 e. The number of nitrogens with zero attached hydrogens (tertiary/aromatic N) is 3. The van der Waals surface area contributed by atoms with Crippen molar-refractivity contribution in [2.75, 3.05) is 0 Å². The Kier molecular flexibility index (Phi) is 3.21. The Morgan fingerprint density at radius 2 is 2.05 bits per heavy atom. The molecule has 1 atom stereocenters. The zero-order valence-electron chi connectivity index (χ0n) is 12.0. The number of carbonyl (C=O) groups excluding carboxylic acids is 1. The topological polar surface area (TPSA) is 67.9 Å². The van der Waals surface area contributed by atoms with Crippen LogP contribution in [0.1, 0.15) is 35.9 Å². The smallest absolute Gasteiger partial charge is 0.254 e. The van der Waals surface area contributed by atoms with Gasteiger partial charge in [0.25, 0.3) is 6.23 Å². The predicted octanol–water partition coefficient (Wildman–Crippen LogP) is 2.53. The van der Waals surface area contributed by atoms with E-state index in [1.165, 1.54) is 11.9 Å². The summed E-state index contributed by atoms with van der Waals surface area (Å²) in [5.74, 6) is 1.44. The van der Waals surface area contributed by atoms with Crippen LogP contribution in [0.15, 0.2) is 40.0 Å². The van der Waals surface area contributed by atoms with Crippen molar-refractivity contribution in [2.45, 2.75) is 27.0 Å². The molecule has 1 unspecified atom stereocenters. The predicted molar refractivity (Wildman–Crippen MR) is 75.3 cm³/mol. The molecule has 2 aromatic rings. The van der Waals surface area contributed by atoms with Crippen molar-refractivity contribution < 1.29 is 13.9 Å². The first-order valence-electron chi connectivity index (χ1n) is 6.59. The Morgan fingerprint density at radius 3 is 2.62 bits per heavy atom. The fourth-order valence-electron chi connectivity index (χ4n) is 2.05. The van der Waals surface area contributed by atoms with Gasteiger partial charge in [-0.3, -0.25) is 9.78 Å². The molecule has 0 bridgehead atoms. The minimum atomic E-state index is -0.674. The molecule has 108 valence electrons. The molecule has 2 aromatic heterocycles. The second-order valence-electron chi connectivity index (χ2n) is 4.88. The van der Waals surface area contributed by atoms with Crippen LogP contribution in [0.5, 0.6) is 0 Å². The number of amides is 1. The number of rotatable bonds is 2. The number of hydrogen-bond acceptors (Lipinski definition) is 5. The summed E-state index contributed by atoms with van der Waals surface area (Å²) >= 11 is 0. The molecule has 0 radical (unpaired) electrons. The van der Waals surface area contributed by atoms with Gasteiger partial charge >= 0.3 is 0 Å². The Morgan fingerprint density at radius 1 is 1.24 bits per heavy atom. The molecule has 0 fully saturated rings. The van der Waals surface area contributed by atoms with E-state index >= 15 is 0 Å². The molecule has 3 heterocycles. The molecule has 1 aliphatic rings. The molecule has 3 rings (SSSR count). The molecule has 1 aliphatic heterocycles. The van der Waals surface area contributed by atoms with Crippen molar-refractivity contribution >= 4 is 11.8 Å². The number of ether oxygens (including phenoxy) is 1. The van der Waals surface area contributed by atoms with Crippen LogP contribution in [0, 0.1) is 13.8 Å². The maximum Gasteiger partial charge on any atom is 0.254 e. The fourth-order valence-corrected chi connectivity index (χ4v) is 2.05.